The predicted molar refractivity (Wildman–Crippen MR) is 93.2 cm³/mol. The number of hydrogen-bond acceptors (Lipinski definition) is 3. The van der Waals surface area contributed by atoms with Crippen molar-refractivity contribution >= 4 is 22.0 Å². The molecule has 0 aromatic heterocycles. The summed E-state index contributed by atoms with van der Waals surface area (Å²) in [6.45, 7) is 11.0. The fourth-order valence-corrected chi connectivity index (χ4v) is 2.58. The highest BCUT2D eigenvalue weighted by molar-refractivity contribution is 9.10. The Hall–Kier alpha value is -1.00. The van der Waals surface area contributed by atoms with Crippen LogP contribution in [0.2, 0.25) is 0 Å². The summed E-state index contributed by atoms with van der Waals surface area (Å²) in [6.07, 6.45) is 2.16. The highest BCUT2D eigenvalue weighted by atomic mass is 79.9. The molecule has 4 heteroatoms. The molecular formula is C17H26BrNO2. The molecule has 0 aliphatic carbocycles. The molecule has 0 heterocycles. The van der Waals surface area contributed by atoms with Gasteiger partial charge in [-0.05, 0) is 59.9 Å². The van der Waals surface area contributed by atoms with Crippen LogP contribution in [0.4, 0.5) is 0 Å². The van der Waals surface area contributed by atoms with E-state index in [-0.39, 0.29) is 0 Å². The molecule has 0 aliphatic rings. The van der Waals surface area contributed by atoms with E-state index in [1.165, 1.54) is 5.57 Å². The molecule has 0 amide bonds. The molecular weight excluding hydrogens is 330 g/mol. The van der Waals surface area contributed by atoms with Crippen molar-refractivity contribution < 1.29 is 9.47 Å². The largest absolute Gasteiger partial charge is 0.493 e. The maximum atomic E-state index is 5.60. The minimum absolute atomic E-state index is 0.613. The molecule has 1 aromatic rings. The molecule has 3 nitrogen and oxygen atoms in total. The number of ether oxygens (including phenoxy) is 2. The Morgan fingerprint density at radius 2 is 2.10 bits per heavy atom. The van der Waals surface area contributed by atoms with Gasteiger partial charge in [0.25, 0.3) is 0 Å². The summed E-state index contributed by atoms with van der Waals surface area (Å²) >= 11 is 3.55. The number of nitrogens with one attached hydrogen (secondary N) is 1. The standard InChI is InChI=1S/C17H26BrNO2/c1-6-21-17-15(18)8-14(9-16(17)20-5)7-13(4)11-19-10-12(2)3/h7-9,12,19H,6,10-11H2,1-5H3. The summed E-state index contributed by atoms with van der Waals surface area (Å²) in [5.74, 6) is 2.17. The van der Waals surface area contributed by atoms with Crippen LogP contribution in [-0.4, -0.2) is 26.8 Å². The fraction of sp³-hybridized carbons (Fsp3) is 0.529. The third kappa shape index (κ3) is 6.10. The third-order valence-corrected chi connectivity index (χ3v) is 3.50. The normalized spacial score (nSPS) is 11.9. The van der Waals surface area contributed by atoms with Crippen molar-refractivity contribution in [2.24, 2.45) is 5.92 Å². The average molecular weight is 356 g/mol. The Balaban J connectivity index is 2.85. The van der Waals surface area contributed by atoms with Gasteiger partial charge in [0.15, 0.2) is 11.5 Å². The monoisotopic (exact) mass is 355 g/mol. The van der Waals surface area contributed by atoms with Crippen molar-refractivity contribution in [2.75, 3.05) is 26.8 Å². The van der Waals surface area contributed by atoms with Crippen LogP contribution in [0.25, 0.3) is 6.08 Å². The number of benzene rings is 1. The van der Waals surface area contributed by atoms with Gasteiger partial charge in [0, 0.05) is 6.54 Å². The maximum Gasteiger partial charge on any atom is 0.175 e. The molecule has 0 saturated carbocycles. The first-order valence-corrected chi connectivity index (χ1v) is 8.15. The lowest BCUT2D eigenvalue weighted by molar-refractivity contribution is 0.309. The van der Waals surface area contributed by atoms with Gasteiger partial charge in [-0.15, -0.1) is 0 Å². The average Bonchev–Trinajstić information content (AvgIpc) is 2.41. The van der Waals surface area contributed by atoms with Crippen molar-refractivity contribution in [1.29, 1.82) is 0 Å². The zero-order valence-corrected chi connectivity index (χ0v) is 15.2. The Morgan fingerprint density at radius 3 is 2.67 bits per heavy atom. The molecule has 0 unspecified atom stereocenters. The zero-order valence-electron chi connectivity index (χ0n) is 13.6. The summed E-state index contributed by atoms with van der Waals surface area (Å²) in [4.78, 5) is 0. The number of methoxy groups -OCH3 is 1. The van der Waals surface area contributed by atoms with E-state index >= 15 is 0 Å². The summed E-state index contributed by atoms with van der Waals surface area (Å²) in [5.41, 5.74) is 2.39. The Bertz CT molecular complexity index is 484. The van der Waals surface area contributed by atoms with E-state index in [0.29, 0.717) is 12.5 Å². The third-order valence-electron chi connectivity index (χ3n) is 2.91. The van der Waals surface area contributed by atoms with Crippen LogP contribution in [0.5, 0.6) is 11.5 Å². The number of halogens is 1. The fourth-order valence-electron chi connectivity index (χ4n) is 2.00. The van der Waals surface area contributed by atoms with Gasteiger partial charge in [-0.3, -0.25) is 0 Å². The smallest absolute Gasteiger partial charge is 0.175 e. The number of hydrogen-bond donors (Lipinski definition) is 1. The summed E-state index contributed by atoms with van der Waals surface area (Å²) in [7, 11) is 1.66. The lowest BCUT2D eigenvalue weighted by atomic mass is 10.1. The van der Waals surface area contributed by atoms with Crippen LogP contribution in [0.15, 0.2) is 22.2 Å². The second-order valence-corrected chi connectivity index (χ2v) is 6.34. The SMILES string of the molecule is CCOc1c(Br)cc(C=C(C)CNCC(C)C)cc1OC. The molecule has 0 spiro atoms. The van der Waals surface area contributed by atoms with E-state index in [1.54, 1.807) is 7.11 Å². The van der Waals surface area contributed by atoms with Gasteiger partial charge >= 0.3 is 0 Å². The molecule has 21 heavy (non-hydrogen) atoms. The van der Waals surface area contributed by atoms with Crippen LogP contribution >= 0.6 is 15.9 Å². The highest BCUT2D eigenvalue weighted by Crippen LogP contribution is 2.37. The molecule has 0 aliphatic heterocycles. The molecule has 1 N–H and O–H groups in total. The zero-order chi connectivity index (χ0) is 15.8. The van der Waals surface area contributed by atoms with Crippen molar-refractivity contribution in [3.63, 3.8) is 0 Å². The highest BCUT2D eigenvalue weighted by Gasteiger charge is 2.10. The van der Waals surface area contributed by atoms with E-state index in [0.717, 1.165) is 34.6 Å². The van der Waals surface area contributed by atoms with Crippen LogP contribution in [0, 0.1) is 5.92 Å². The summed E-state index contributed by atoms with van der Waals surface area (Å²) in [5, 5.41) is 3.44. The summed E-state index contributed by atoms with van der Waals surface area (Å²) < 4.78 is 11.9. The van der Waals surface area contributed by atoms with Gasteiger partial charge in [-0.1, -0.05) is 25.5 Å². The molecule has 1 rings (SSSR count). The van der Waals surface area contributed by atoms with E-state index in [9.17, 15) is 0 Å². The first-order valence-electron chi connectivity index (χ1n) is 7.36. The van der Waals surface area contributed by atoms with Gasteiger partial charge in [-0.2, -0.15) is 0 Å². The maximum absolute atomic E-state index is 5.60. The van der Waals surface area contributed by atoms with Crippen molar-refractivity contribution in [3.8, 4) is 11.5 Å². The molecule has 0 fully saturated rings. The van der Waals surface area contributed by atoms with Gasteiger partial charge in [-0.25, -0.2) is 0 Å². The lowest BCUT2D eigenvalue weighted by Gasteiger charge is -2.13. The first-order chi connectivity index (χ1) is 9.97. The van der Waals surface area contributed by atoms with Crippen molar-refractivity contribution in [1.82, 2.24) is 5.32 Å². The molecule has 0 radical (unpaired) electrons. The minimum atomic E-state index is 0.613. The van der Waals surface area contributed by atoms with E-state index in [1.807, 2.05) is 13.0 Å². The minimum Gasteiger partial charge on any atom is -0.493 e. The number of rotatable bonds is 8. The van der Waals surface area contributed by atoms with Gasteiger partial charge < -0.3 is 14.8 Å². The molecule has 1 aromatic carbocycles. The molecule has 0 bridgehead atoms. The van der Waals surface area contributed by atoms with Crippen LogP contribution < -0.4 is 14.8 Å². The second kappa shape index (κ2) is 9.11. The van der Waals surface area contributed by atoms with E-state index < -0.39 is 0 Å². The van der Waals surface area contributed by atoms with Crippen LogP contribution in [-0.2, 0) is 0 Å². The molecule has 0 atom stereocenters. The Kier molecular flexibility index (Phi) is 7.83. The van der Waals surface area contributed by atoms with Crippen LogP contribution in [0.1, 0.15) is 33.3 Å². The first kappa shape index (κ1) is 18.1. The van der Waals surface area contributed by atoms with E-state index in [2.05, 4.69) is 54.2 Å². The van der Waals surface area contributed by atoms with Gasteiger partial charge in [0.05, 0.1) is 18.2 Å². The topological polar surface area (TPSA) is 30.5 Å². The lowest BCUT2D eigenvalue weighted by Crippen LogP contribution is -2.21. The molecule has 118 valence electrons. The van der Waals surface area contributed by atoms with Crippen molar-refractivity contribution in [2.45, 2.75) is 27.7 Å². The summed E-state index contributed by atoms with van der Waals surface area (Å²) in [6, 6.07) is 4.06. The predicted octanol–water partition coefficient (Wildman–Crippen LogP) is 4.51. The van der Waals surface area contributed by atoms with Crippen molar-refractivity contribution in [3.05, 3.63) is 27.7 Å². The van der Waals surface area contributed by atoms with E-state index in [4.69, 9.17) is 9.47 Å². The Labute approximate surface area is 136 Å². The van der Waals surface area contributed by atoms with Gasteiger partial charge in [0.2, 0.25) is 0 Å². The Morgan fingerprint density at radius 1 is 1.38 bits per heavy atom. The van der Waals surface area contributed by atoms with Crippen LogP contribution in [0.3, 0.4) is 0 Å². The molecule has 0 saturated heterocycles. The second-order valence-electron chi connectivity index (χ2n) is 5.48. The quantitative estimate of drug-likeness (QED) is 0.744. The van der Waals surface area contributed by atoms with Gasteiger partial charge in [0.1, 0.15) is 0 Å².